The fraction of sp³-hybridized carbons (Fsp3) is 0.400. The van der Waals surface area contributed by atoms with Crippen LogP contribution in [0, 0.1) is 0 Å². The van der Waals surface area contributed by atoms with Gasteiger partial charge in [-0.15, -0.1) is 0 Å². The molecule has 0 unspecified atom stereocenters. The highest BCUT2D eigenvalue weighted by Gasteiger charge is 2.21. The van der Waals surface area contributed by atoms with Crippen molar-refractivity contribution in [1.29, 1.82) is 0 Å². The van der Waals surface area contributed by atoms with Gasteiger partial charge in [0.1, 0.15) is 0 Å². The Balaban J connectivity index is 2.03. The number of benzene rings is 1. The van der Waals surface area contributed by atoms with E-state index >= 15 is 0 Å². The summed E-state index contributed by atoms with van der Waals surface area (Å²) in [6, 6.07) is 6.87. The minimum Gasteiger partial charge on any atom is -0.397 e. The topological polar surface area (TPSA) is 42.2 Å². The number of nitrogen functional groups attached to an aromatic ring is 1. The lowest BCUT2D eigenvalue weighted by Gasteiger charge is -2.28. The molecule has 0 saturated heterocycles. The molecule has 3 heteroatoms. The van der Waals surface area contributed by atoms with Crippen LogP contribution in [0.5, 0.6) is 0 Å². The maximum Gasteiger partial charge on any atom is 0.0632 e. The summed E-state index contributed by atoms with van der Waals surface area (Å²) in [5, 5.41) is 2.21. The predicted octanol–water partition coefficient (Wildman–Crippen LogP) is 3.20. The number of pyridine rings is 1. The molecule has 1 aliphatic rings. The molecule has 1 aromatic heterocycles. The van der Waals surface area contributed by atoms with Gasteiger partial charge >= 0.3 is 0 Å². The first-order chi connectivity index (χ1) is 8.77. The summed E-state index contributed by atoms with van der Waals surface area (Å²) in [6.45, 7) is 0. The van der Waals surface area contributed by atoms with Crippen LogP contribution in [-0.4, -0.2) is 18.1 Å². The maximum atomic E-state index is 6.32. The van der Waals surface area contributed by atoms with E-state index in [2.05, 4.69) is 29.1 Å². The van der Waals surface area contributed by atoms with Gasteiger partial charge in [0.15, 0.2) is 0 Å². The van der Waals surface area contributed by atoms with Gasteiger partial charge in [-0.2, -0.15) is 0 Å². The summed E-state index contributed by atoms with van der Waals surface area (Å²) in [5.74, 6) is 0. The molecule has 2 aromatic rings. The van der Waals surface area contributed by atoms with Gasteiger partial charge in [-0.25, -0.2) is 0 Å². The number of hydrogen-bond donors (Lipinski definition) is 1. The number of anilines is 2. The van der Waals surface area contributed by atoms with Crippen LogP contribution in [0.25, 0.3) is 10.8 Å². The highest BCUT2D eigenvalue weighted by Crippen LogP contribution is 2.34. The number of nitrogens with two attached hydrogens (primary N) is 1. The molecule has 0 spiro atoms. The Hall–Kier alpha value is -1.77. The summed E-state index contributed by atoms with van der Waals surface area (Å²) in [5.41, 5.74) is 8.35. The number of aromatic nitrogens is 1. The molecule has 2 N–H and O–H groups in total. The average molecular weight is 241 g/mol. The lowest BCUT2D eigenvalue weighted by Crippen LogP contribution is -2.29. The van der Waals surface area contributed by atoms with Crippen molar-refractivity contribution in [2.75, 3.05) is 17.7 Å². The minimum atomic E-state index is 0.645. The van der Waals surface area contributed by atoms with Gasteiger partial charge in [-0.05, 0) is 25.0 Å². The summed E-state index contributed by atoms with van der Waals surface area (Å²) >= 11 is 0. The highest BCUT2D eigenvalue weighted by molar-refractivity contribution is 5.98. The van der Waals surface area contributed by atoms with Crippen LogP contribution in [0.15, 0.2) is 30.6 Å². The Morgan fingerprint density at radius 2 is 2.00 bits per heavy atom. The van der Waals surface area contributed by atoms with Crippen molar-refractivity contribution < 1.29 is 0 Å². The summed E-state index contributed by atoms with van der Waals surface area (Å²) in [4.78, 5) is 6.49. The predicted molar refractivity (Wildman–Crippen MR) is 76.8 cm³/mol. The van der Waals surface area contributed by atoms with E-state index in [0.717, 1.165) is 22.1 Å². The average Bonchev–Trinajstić information content (AvgIpc) is 2.93. The standard InChI is InChI=1S/C15H19N3/c1-18(12-4-2-3-5-12)14-7-6-11-10-17-9-8-13(11)15(14)16/h6-10,12H,2-5,16H2,1H3. The zero-order valence-electron chi connectivity index (χ0n) is 10.8. The molecule has 1 fully saturated rings. The summed E-state index contributed by atoms with van der Waals surface area (Å²) < 4.78 is 0. The monoisotopic (exact) mass is 241 g/mol. The molecule has 1 aliphatic carbocycles. The molecular formula is C15H19N3. The second kappa shape index (κ2) is 4.48. The molecule has 1 aromatic carbocycles. The maximum absolute atomic E-state index is 6.32. The van der Waals surface area contributed by atoms with Crippen molar-refractivity contribution in [2.45, 2.75) is 31.7 Å². The number of rotatable bonds is 2. The molecule has 1 saturated carbocycles. The van der Waals surface area contributed by atoms with Crippen LogP contribution in [-0.2, 0) is 0 Å². The zero-order chi connectivity index (χ0) is 12.5. The summed E-state index contributed by atoms with van der Waals surface area (Å²) in [6.07, 6.45) is 8.91. The van der Waals surface area contributed by atoms with Gasteiger partial charge in [-0.3, -0.25) is 4.98 Å². The van der Waals surface area contributed by atoms with E-state index in [4.69, 9.17) is 5.73 Å². The second-order valence-electron chi connectivity index (χ2n) is 5.14. The van der Waals surface area contributed by atoms with Gasteiger partial charge in [0.05, 0.1) is 11.4 Å². The van der Waals surface area contributed by atoms with Gasteiger partial charge in [0.25, 0.3) is 0 Å². The molecule has 3 nitrogen and oxygen atoms in total. The van der Waals surface area contributed by atoms with Crippen molar-refractivity contribution >= 4 is 22.1 Å². The van der Waals surface area contributed by atoms with Crippen LogP contribution >= 0.6 is 0 Å². The van der Waals surface area contributed by atoms with Crippen LogP contribution in [0.3, 0.4) is 0 Å². The number of hydrogen-bond acceptors (Lipinski definition) is 3. The first-order valence-electron chi connectivity index (χ1n) is 6.62. The molecule has 0 radical (unpaired) electrons. The summed E-state index contributed by atoms with van der Waals surface area (Å²) in [7, 11) is 2.16. The van der Waals surface area contributed by atoms with E-state index in [1.807, 2.05) is 12.3 Å². The van der Waals surface area contributed by atoms with Crippen LogP contribution in [0.4, 0.5) is 11.4 Å². The van der Waals surface area contributed by atoms with E-state index in [-0.39, 0.29) is 0 Å². The third-order valence-corrected chi connectivity index (χ3v) is 4.09. The Morgan fingerprint density at radius 1 is 1.22 bits per heavy atom. The molecule has 0 bridgehead atoms. The molecule has 0 amide bonds. The van der Waals surface area contributed by atoms with Gasteiger partial charge < -0.3 is 10.6 Å². The Bertz CT molecular complexity index is 559. The van der Waals surface area contributed by atoms with E-state index in [1.54, 1.807) is 6.20 Å². The largest absolute Gasteiger partial charge is 0.397 e. The third-order valence-electron chi connectivity index (χ3n) is 4.09. The second-order valence-corrected chi connectivity index (χ2v) is 5.14. The molecule has 0 atom stereocenters. The first-order valence-corrected chi connectivity index (χ1v) is 6.62. The van der Waals surface area contributed by atoms with Gasteiger partial charge in [0.2, 0.25) is 0 Å². The minimum absolute atomic E-state index is 0.645. The first kappa shape index (κ1) is 11.3. The van der Waals surface area contributed by atoms with Crippen LogP contribution < -0.4 is 10.6 Å². The lowest BCUT2D eigenvalue weighted by molar-refractivity contribution is 0.654. The van der Waals surface area contributed by atoms with Gasteiger partial charge in [-0.1, -0.05) is 18.9 Å². The lowest BCUT2D eigenvalue weighted by atomic mass is 10.1. The molecule has 0 aliphatic heterocycles. The van der Waals surface area contributed by atoms with Crippen molar-refractivity contribution in [3.63, 3.8) is 0 Å². The van der Waals surface area contributed by atoms with Gasteiger partial charge in [0, 0.05) is 36.3 Å². The fourth-order valence-corrected chi connectivity index (χ4v) is 2.98. The number of fused-ring (bicyclic) bond motifs is 1. The molecular weight excluding hydrogens is 222 g/mol. The quantitative estimate of drug-likeness (QED) is 0.821. The van der Waals surface area contributed by atoms with E-state index in [1.165, 1.54) is 25.7 Å². The Kier molecular flexibility index (Phi) is 2.82. The fourth-order valence-electron chi connectivity index (χ4n) is 2.98. The highest BCUT2D eigenvalue weighted by atomic mass is 15.1. The third kappa shape index (κ3) is 1.80. The van der Waals surface area contributed by atoms with Crippen LogP contribution in [0.2, 0.25) is 0 Å². The Morgan fingerprint density at radius 3 is 2.78 bits per heavy atom. The smallest absolute Gasteiger partial charge is 0.0632 e. The van der Waals surface area contributed by atoms with Crippen molar-refractivity contribution in [1.82, 2.24) is 4.98 Å². The van der Waals surface area contributed by atoms with Crippen molar-refractivity contribution in [3.8, 4) is 0 Å². The molecule has 1 heterocycles. The van der Waals surface area contributed by atoms with Crippen LogP contribution in [0.1, 0.15) is 25.7 Å². The molecule has 3 rings (SSSR count). The molecule has 94 valence electrons. The Labute approximate surface area is 108 Å². The van der Waals surface area contributed by atoms with Crippen molar-refractivity contribution in [2.24, 2.45) is 0 Å². The zero-order valence-corrected chi connectivity index (χ0v) is 10.8. The van der Waals surface area contributed by atoms with E-state index in [9.17, 15) is 0 Å². The van der Waals surface area contributed by atoms with E-state index in [0.29, 0.717) is 6.04 Å². The molecule has 18 heavy (non-hydrogen) atoms. The normalized spacial score (nSPS) is 16.3. The van der Waals surface area contributed by atoms with E-state index < -0.39 is 0 Å². The number of nitrogens with zero attached hydrogens (tertiary/aromatic N) is 2. The SMILES string of the molecule is CN(c1ccc2cnccc2c1N)C1CCCC1. The van der Waals surface area contributed by atoms with Crippen molar-refractivity contribution in [3.05, 3.63) is 30.6 Å².